The molecule has 1 saturated carbocycles. The van der Waals surface area contributed by atoms with Crippen molar-refractivity contribution >= 4 is 12.0 Å². The molecule has 3 atom stereocenters. The van der Waals surface area contributed by atoms with Crippen LogP contribution in [0.1, 0.15) is 30.4 Å². The molecular weight excluding hydrogens is 454 g/mol. The topological polar surface area (TPSA) is 90.9 Å². The molecule has 2 fully saturated rings. The second kappa shape index (κ2) is 10.5. The number of nitrogens with one attached hydrogen (secondary N) is 2. The molecule has 5 rings (SSSR count). The zero-order chi connectivity index (χ0) is 25.0. The highest BCUT2D eigenvalue weighted by atomic mass is 16.6. The molecule has 1 heterocycles. The molecule has 7 nitrogen and oxygen atoms in total. The number of benzene rings is 3. The van der Waals surface area contributed by atoms with E-state index >= 15 is 0 Å². The summed E-state index contributed by atoms with van der Waals surface area (Å²) in [6, 6.07) is 26.7. The summed E-state index contributed by atoms with van der Waals surface area (Å²) in [5, 5.41) is 17.8. The molecule has 3 aromatic rings. The first-order chi connectivity index (χ1) is 17.5. The molecule has 7 heteroatoms. The maximum atomic E-state index is 13.7. The molecule has 3 N–H and O–H groups in total. The lowest BCUT2D eigenvalue weighted by molar-refractivity contribution is -0.136. The van der Waals surface area contributed by atoms with Crippen molar-refractivity contribution in [3.05, 3.63) is 102 Å². The van der Waals surface area contributed by atoms with Crippen LogP contribution >= 0.6 is 0 Å². The Labute approximate surface area is 211 Å². The van der Waals surface area contributed by atoms with E-state index in [2.05, 4.69) is 10.6 Å². The van der Waals surface area contributed by atoms with Crippen LogP contribution < -0.4 is 15.4 Å². The van der Waals surface area contributed by atoms with Gasteiger partial charge >= 0.3 is 6.09 Å². The second-order valence-electron chi connectivity index (χ2n) is 9.55. The number of hydrogen-bond donors (Lipinski definition) is 3. The number of para-hydroxylation sites is 1. The van der Waals surface area contributed by atoms with Gasteiger partial charge in [0, 0.05) is 6.54 Å². The van der Waals surface area contributed by atoms with Crippen LogP contribution in [0.4, 0.5) is 4.79 Å². The van der Waals surface area contributed by atoms with Crippen LogP contribution in [0.2, 0.25) is 0 Å². The van der Waals surface area contributed by atoms with Crippen LogP contribution in [0.5, 0.6) is 5.75 Å². The summed E-state index contributed by atoms with van der Waals surface area (Å²) in [6.07, 6.45) is 1.21. The molecule has 3 aromatic carbocycles. The van der Waals surface area contributed by atoms with Crippen LogP contribution in [0.25, 0.3) is 0 Å². The van der Waals surface area contributed by atoms with Crippen LogP contribution in [-0.2, 0) is 17.8 Å². The molecule has 0 aromatic heterocycles. The number of aliphatic hydroxyl groups is 1. The smallest absolute Gasteiger partial charge is 0.410 e. The van der Waals surface area contributed by atoms with E-state index in [-0.39, 0.29) is 5.91 Å². The lowest BCUT2D eigenvalue weighted by Gasteiger charge is -2.45. The molecular formula is C29H31N3O4. The average molecular weight is 486 g/mol. The lowest BCUT2D eigenvalue weighted by Crippen LogP contribution is -2.59. The van der Waals surface area contributed by atoms with Crippen molar-refractivity contribution in [2.24, 2.45) is 0 Å². The number of ether oxygens (including phenoxy) is 1. The van der Waals surface area contributed by atoms with E-state index in [1.54, 1.807) is 24.3 Å². The van der Waals surface area contributed by atoms with Gasteiger partial charge in [-0.3, -0.25) is 10.1 Å². The third-order valence-corrected chi connectivity index (χ3v) is 7.15. The van der Waals surface area contributed by atoms with Crippen LogP contribution in [0, 0.1) is 0 Å². The number of rotatable bonds is 8. The van der Waals surface area contributed by atoms with Crippen molar-refractivity contribution in [2.75, 3.05) is 0 Å². The van der Waals surface area contributed by atoms with Crippen LogP contribution in [0.3, 0.4) is 0 Å². The predicted octanol–water partition coefficient (Wildman–Crippen LogP) is 3.63. The van der Waals surface area contributed by atoms with Gasteiger partial charge in [-0.15, -0.1) is 0 Å². The first-order valence-corrected chi connectivity index (χ1v) is 12.4. The van der Waals surface area contributed by atoms with Crippen LogP contribution in [-0.4, -0.2) is 45.9 Å². The van der Waals surface area contributed by atoms with E-state index < -0.39 is 29.9 Å². The lowest BCUT2D eigenvalue weighted by atomic mass is 9.84. The Hall–Kier alpha value is -3.68. The van der Waals surface area contributed by atoms with Gasteiger partial charge in [-0.2, -0.15) is 0 Å². The maximum absolute atomic E-state index is 13.7. The summed E-state index contributed by atoms with van der Waals surface area (Å²) in [4.78, 5) is 28.3. The summed E-state index contributed by atoms with van der Waals surface area (Å²) in [5.41, 5.74) is 1.52. The third-order valence-electron chi connectivity index (χ3n) is 7.15. The van der Waals surface area contributed by atoms with Crippen molar-refractivity contribution < 1.29 is 19.4 Å². The van der Waals surface area contributed by atoms with E-state index in [1.807, 2.05) is 71.6 Å². The summed E-state index contributed by atoms with van der Waals surface area (Å²) >= 11 is 0. The highest BCUT2D eigenvalue weighted by Crippen LogP contribution is 2.41. The van der Waals surface area contributed by atoms with Gasteiger partial charge in [-0.25, -0.2) is 4.79 Å². The highest BCUT2D eigenvalue weighted by molar-refractivity contribution is 5.86. The molecule has 0 unspecified atom stereocenters. The zero-order valence-corrected chi connectivity index (χ0v) is 20.0. The van der Waals surface area contributed by atoms with Gasteiger partial charge in [-0.05, 0) is 48.9 Å². The van der Waals surface area contributed by atoms with Gasteiger partial charge in [0.15, 0.2) is 0 Å². The number of hydrogen-bond acceptors (Lipinski definition) is 5. The second-order valence-corrected chi connectivity index (χ2v) is 9.55. The Bertz CT molecular complexity index is 1170. The monoisotopic (exact) mass is 485 g/mol. The zero-order valence-electron chi connectivity index (χ0n) is 20.0. The van der Waals surface area contributed by atoms with Gasteiger partial charge in [0.05, 0.1) is 17.8 Å². The summed E-state index contributed by atoms with van der Waals surface area (Å²) in [6.45, 7) is 0.475. The third kappa shape index (κ3) is 5.12. The first-order valence-electron chi connectivity index (χ1n) is 12.4. The van der Waals surface area contributed by atoms with Crippen molar-refractivity contribution in [2.45, 2.75) is 56.1 Å². The molecule has 2 amide bonds. The number of carbonyl (C=O) groups excluding carboxylic acids is 2. The van der Waals surface area contributed by atoms with Crippen molar-refractivity contribution in [3.63, 3.8) is 0 Å². The molecule has 186 valence electrons. The minimum atomic E-state index is -1.15. The first kappa shape index (κ1) is 24.0. The molecule has 1 aliphatic carbocycles. The molecule has 0 bridgehead atoms. The Balaban J connectivity index is 1.35. The molecule has 0 radical (unpaired) electrons. The normalized spacial score (nSPS) is 20.0. The Morgan fingerprint density at radius 2 is 1.56 bits per heavy atom. The van der Waals surface area contributed by atoms with Gasteiger partial charge in [0.2, 0.25) is 5.91 Å². The Morgan fingerprint density at radius 1 is 0.972 bits per heavy atom. The number of carbonyl (C=O) groups is 2. The largest absolute Gasteiger partial charge is 0.412 e. The van der Waals surface area contributed by atoms with Crippen LogP contribution in [0.15, 0.2) is 91.0 Å². The SMILES string of the molecule is O=C(N[C@@H](Cc1ccccc1)[C@H](O)[C@@H]1NC2(CCC2)N(Cc2ccccc2)C1=O)Oc1ccccc1. The van der Waals surface area contributed by atoms with Crippen molar-refractivity contribution in [1.82, 2.24) is 15.5 Å². The van der Waals surface area contributed by atoms with E-state index in [4.69, 9.17) is 4.74 Å². The Morgan fingerprint density at radius 3 is 2.14 bits per heavy atom. The highest BCUT2D eigenvalue weighted by Gasteiger charge is 2.56. The van der Waals surface area contributed by atoms with E-state index in [0.29, 0.717) is 18.7 Å². The van der Waals surface area contributed by atoms with Gasteiger partial charge in [-0.1, -0.05) is 78.9 Å². The van der Waals surface area contributed by atoms with Crippen molar-refractivity contribution in [3.8, 4) is 5.75 Å². The van der Waals surface area contributed by atoms with Gasteiger partial charge in [0.1, 0.15) is 11.8 Å². The molecule has 1 spiro atoms. The summed E-state index contributed by atoms with van der Waals surface area (Å²) < 4.78 is 5.42. The molecule has 1 saturated heterocycles. The predicted molar refractivity (Wildman–Crippen MR) is 136 cm³/mol. The fraction of sp³-hybridized carbons (Fsp3) is 0.310. The minimum Gasteiger partial charge on any atom is -0.410 e. The summed E-state index contributed by atoms with van der Waals surface area (Å²) in [5.74, 6) is 0.253. The average Bonchev–Trinajstić information content (AvgIpc) is 3.18. The fourth-order valence-corrected chi connectivity index (χ4v) is 5.09. The van der Waals surface area contributed by atoms with Crippen molar-refractivity contribution in [1.29, 1.82) is 0 Å². The van der Waals surface area contributed by atoms with E-state index in [1.165, 1.54) is 0 Å². The maximum Gasteiger partial charge on any atom is 0.412 e. The molecule has 2 aliphatic rings. The quantitative estimate of drug-likeness (QED) is 0.453. The Kier molecular flexibility index (Phi) is 7.02. The number of nitrogens with zero attached hydrogens (tertiary/aromatic N) is 1. The van der Waals surface area contributed by atoms with E-state index in [9.17, 15) is 14.7 Å². The minimum absolute atomic E-state index is 0.151. The van der Waals surface area contributed by atoms with E-state index in [0.717, 1.165) is 30.4 Å². The van der Waals surface area contributed by atoms with Gasteiger partial charge < -0.3 is 20.1 Å². The molecule has 36 heavy (non-hydrogen) atoms. The fourth-order valence-electron chi connectivity index (χ4n) is 5.09. The summed E-state index contributed by atoms with van der Waals surface area (Å²) in [7, 11) is 0. The molecule has 1 aliphatic heterocycles. The van der Waals surface area contributed by atoms with Gasteiger partial charge in [0.25, 0.3) is 0 Å². The number of aliphatic hydroxyl groups excluding tert-OH is 1. The number of amides is 2. The standard InChI is InChI=1S/C29H31N3O4/c33-26(25-27(34)32(29(31-25)17-10-18-29)20-22-13-6-2-7-14-22)24(19-21-11-4-1-5-12-21)30-28(35)36-23-15-8-3-9-16-23/h1-9,11-16,24-26,31,33H,10,17-20H2,(H,30,35)/t24-,25-,26-/m0/s1.